The lowest BCUT2D eigenvalue weighted by Gasteiger charge is -2.21. The van der Waals surface area contributed by atoms with Crippen LogP contribution in [0.4, 0.5) is 4.39 Å². The van der Waals surface area contributed by atoms with Crippen LogP contribution in [0.15, 0.2) is 45.4 Å². The van der Waals surface area contributed by atoms with E-state index in [9.17, 15) is 9.18 Å². The molecule has 1 saturated heterocycles. The highest BCUT2D eigenvalue weighted by Gasteiger charge is 2.35. The van der Waals surface area contributed by atoms with Crippen LogP contribution in [-0.2, 0) is 0 Å². The second-order valence-electron chi connectivity index (χ2n) is 7.02. The van der Waals surface area contributed by atoms with Crippen molar-refractivity contribution in [2.45, 2.75) is 38.6 Å². The molecule has 0 spiro atoms. The van der Waals surface area contributed by atoms with Crippen LogP contribution in [0.25, 0.3) is 11.3 Å². The van der Waals surface area contributed by atoms with Crippen molar-refractivity contribution in [2.75, 3.05) is 6.54 Å². The van der Waals surface area contributed by atoms with E-state index < -0.39 is 5.82 Å². The van der Waals surface area contributed by atoms with Crippen molar-refractivity contribution in [3.63, 3.8) is 0 Å². The van der Waals surface area contributed by atoms with Crippen molar-refractivity contribution in [3.05, 3.63) is 59.4 Å². The van der Waals surface area contributed by atoms with Gasteiger partial charge in [-0.25, -0.2) is 4.39 Å². The molecular formula is C20H20FN3O3. The van der Waals surface area contributed by atoms with Gasteiger partial charge in [-0.1, -0.05) is 36.3 Å². The average molecular weight is 369 g/mol. The maximum absolute atomic E-state index is 13.9. The monoisotopic (exact) mass is 369 g/mol. The number of rotatable bonds is 4. The maximum Gasteiger partial charge on any atom is 0.293 e. The minimum absolute atomic E-state index is 0.0868. The van der Waals surface area contributed by atoms with Gasteiger partial charge in [0.15, 0.2) is 5.76 Å². The quantitative estimate of drug-likeness (QED) is 0.674. The number of hydrogen-bond donors (Lipinski definition) is 0. The molecule has 1 amide bonds. The van der Waals surface area contributed by atoms with E-state index in [1.165, 1.54) is 12.1 Å². The first-order valence-electron chi connectivity index (χ1n) is 9.03. The van der Waals surface area contributed by atoms with Crippen molar-refractivity contribution < 1.29 is 18.2 Å². The normalized spacial score (nSPS) is 17.0. The van der Waals surface area contributed by atoms with Gasteiger partial charge >= 0.3 is 0 Å². The van der Waals surface area contributed by atoms with Crippen LogP contribution in [0.1, 0.15) is 60.7 Å². The second kappa shape index (κ2) is 6.98. The Bertz CT molecular complexity index is 963. The van der Waals surface area contributed by atoms with Gasteiger partial charge in [-0.2, -0.15) is 0 Å². The lowest BCUT2D eigenvalue weighted by molar-refractivity contribution is 0.0672. The molecule has 140 valence electrons. The molecule has 0 radical (unpaired) electrons. The van der Waals surface area contributed by atoms with Gasteiger partial charge in [0.2, 0.25) is 5.76 Å². The summed E-state index contributed by atoms with van der Waals surface area (Å²) in [6.45, 7) is 4.67. The first-order chi connectivity index (χ1) is 13.0. The van der Waals surface area contributed by atoms with E-state index in [4.69, 9.17) is 9.05 Å². The summed E-state index contributed by atoms with van der Waals surface area (Å²) in [5, 5.41) is 7.96. The van der Waals surface area contributed by atoms with E-state index in [1.807, 2.05) is 19.9 Å². The van der Waals surface area contributed by atoms with Gasteiger partial charge in [-0.3, -0.25) is 4.79 Å². The summed E-state index contributed by atoms with van der Waals surface area (Å²) < 4.78 is 24.6. The second-order valence-corrected chi connectivity index (χ2v) is 7.02. The number of halogens is 1. The van der Waals surface area contributed by atoms with Gasteiger partial charge in [0.25, 0.3) is 5.91 Å². The van der Waals surface area contributed by atoms with Crippen LogP contribution >= 0.6 is 0 Å². The molecule has 1 aromatic carbocycles. The van der Waals surface area contributed by atoms with Crippen molar-refractivity contribution in [2.24, 2.45) is 0 Å². The highest BCUT2D eigenvalue weighted by Crippen LogP contribution is 2.35. The SMILES string of the molecule is CC(C)c1cc(C2CCCN2C(=O)c2cc(-c3ccccc3F)no2)on1. The number of carbonyl (C=O) groups is 1. The summed E-state index contributed by atoms with van der Waals surface area (Å²) in [5.41, 5.74) is 1.47. The number of likely N-dealkylation sites (tertiary alicyclic amines) is 1. The number of carbonyl (C=O) groups excluding carboxylic acids is 1. The van der Waals surface area contributed by atoms with E-state index >= 15 is 0 Å². The Kier molecular flexibility index (Phi) is 4.51. The molecule has 0 bridgehead atoms. The Morgan fingerprint density at radius 2 is 2.04 bits per heavy atom. The number of hydrogen-bond acceptors (Lipinski definition) is 5. The van der Waals surface area contributed by atoms with E-state index in [1.54, 1.807) is 23.1 Å². The number of benzene rings is 1. The largest absolute Gasteiger partial charge is 0.359 e. The lowest BCUT2D eigenvalue weighted by Crippen LogP contribution is -2.30. The topological polar surface area (TPSA) is 72.4 Å². The molecule has 3 heterocycles. The molecule has 0 saturated carbocycles. The fourth-order valence-electron chi connectivity index (χ4n) is 3.35. The Balaban J connectivity index is 1.58. The summed E-state index contributed by atoms with van der Waals surface area (Å²) in [5.74, 6) is 0.328. The molecule has 3 aromatic rings. The van der Waals surface area contributed by atoms with Gasteiger partial charge in [0.05, 0.1) is 11.7 Å². The molecule has 1 aliphatic rings. The molecule has 6 nitrogen and oxygen atoms in total. The molecule has 1 fully saturated rings. The maximum atomic E-state index is 13.9. The predicted molar refractivity (Wildman–Crippen MR) is 95.5 cm³/mol. The average Bonchev–Trinajstić information content (AvgIpc) is 3.40. The van der Waals surface area contributed by atoms with Crippen LogP contribution in [-0.4, -0.2) is 27.7 Å². The molecule has 0 N–H and O–H groups in total. The molecule has 1 atom stereocenters. The summed E-state index contributed by atoms with van der Waals surface area (Å²) in [6, 6.07) is 9.46. The highest BCUT2D eigenvalue weighted by atomic mass is 19.1. The Labute approximate surface area is 155 Å². The Hall–Kier alpha value is -2.96. The predicted octanol–water partition coefficient (Wildman–Crippen LogP) is 4.57. The zero-order chi connectivity index (χ0) is 19.0. The number of nitrogens with zero attached hydrogens (tertiary/aromatic N) is 3. The summed E-state index contributed by atoms with van der Waals surface area (Å²) >= 11 is 0. The number of amides is 1. The molecular weight excluding hydrogens is 349 g/mol. The standard InChI is InChI=1S/C20H20FN3O3/c1-12(2)15-10-18(26-22-15)17-8-5-9-24(17)20(25)19-11-16(23-27-19)13-6-3-4-7-14(13)21/h3-4,6-7,10-12,17H,5,8-9H2,1-2H3. The van der Waals surface area contributed by atoms with Crippen LogP contribution in [0, 0.1) is 5.82 Å². The number of aromatic nitrogens is 2. The van der Waals surface area contributed by atoms with E-state index in [0.29, 0.717) is 23.6 Å². The van der Waals surface area contributed by atoms with Crippen LogP contribution in [0.2, 0.25) is 0 Å². The molecule has 7 heteroatoms. The molecule has 2 aromatic heterocycles. The fraction of sp³-hybridized carbons (Fsp3) is 0.350. The van der Waals surface area contributed by atoms with Gasteiger partial charge in [0.1, 0.15) is 11.5 Å². The van der Waals surface area contributed by atoms with Gasteiger partial charge in [0, 0.05) is 24.2 Å². The van der Waals surface area contributed by atoms with Crippen LogP contribution in [0.3, 0.4) is 0 Å². The van der Waals surface area contributed by atoms with E-state index in [-0.39, 0.29) is 23.6 Å². The Morgan fingerprint density at radius 3 is 2.78 bits per heavy atom. The van der Waals surface area contributed by atoms with E-state index in [2.05, 4.69) is 10.3 Å². The summed E-state index contributed by atoms with van der Waals surface area (Å²) in [7, 11) is 0. The third kappa shape index (κ3) is 3.25. The van der Waals surface area contributed by atoms with Crippen LogP contribution < -0.4 is 0 Å². The Morgan fingerprint density at radius 1 is 1.22 bits per heavy atom. The smallest absolute Gasteiger partial charge is 0.293 e. The zero-order valence-electron chi connectivity index (χ0n) is 15.2. The third-order valence-electron chi connectivity index (χ3n) is 4.85. The van der Waals surface area contributed by atoms with Crippen molar-refractivity contribution >= 4 is 5.91 Å². The highest BCUT2D eigenvalue weighted by molar-refractivity contribution is 5.92. The zero-order valence-corrected chi connectivity index (χ0v) is 15.2. The molecule has 0 aliphatic carbocycles. The van der Waals surface area contributed by atoms with Crippen molar-refractivity contribution in [1.82, 2.24) is 15.2 Å². The van der Waals surface area contributed by atoms with E-state index in [0.717, 1.165) is 18.5 Å². The fourth-order valence-corrected chi connectivity index (χ4v) is 3.35. The summed E-state index contributed by atoms with van der Waals surface area (Å²) in [4.78, 5) is 14.6. The minimum atomic E-state index is -0.410. The first kappa shape index (κ1) is 17.5. The summed E-state index contributed by atoms with van der Waals surface area (Å²) in [6.07, 6.45) is 1.66. The van der Waals surface area contributed by atoms with Gasteiger partial charge < -0.3 is 13.9 Å². The lowest BCUT2D eigenvalue weighted by atomic mass is 10.1. The molecule has 4 rings (SSSR count). The van der Waals surface area contributed by atoms with Gasteiger partial charge in [-0.15, -0.1) is 0 Å². The van der Waals surface area contributed by atoms with Crippen molar-refractivity contribution in [1.29, 1.82) is 0 Å². The van der Waals surface area contributed by atoms with Gasteiger partial charge in [-0.05, 0) is 30.9 Å². The molecule has 1 aliphatic heterocycles. The third-order valence-corrected chi connectivity index (χ3v) is 4.85. The molecule has 27 heavy (non-hydrogen) atoms. The van der Waals surface area contributed by atoms with Crippen molar-refractivity contribution in [3.8, 4) is 11.3 Å². The van der Waals surface area contributed by atoms with Crippen LogP contribution in [0.5, 0.6) is 0 Å². The molecule has 1 unspecified atom stereocenters. The minimum Gasteiger partial charge on any atom is -0.359 e. The first-order valence-corrected chi connectivity index (χ1v) is 9.03.